The number of aryl methyl sites for hydroxylation is 1. The van der Waals surface area contributed by atoms with E-state index in [1.165, 1.54) is 19.3 Å². The van der Waals surface area contributed by atoms with Gasteiger partial charge in [-0.15, -0.1) is 0 Å². The number of benzene rings is 2. The van der Waals surface area contributed by atoms with Crippen molar-refractivity contribution in [2.75, 3.05) is 30.4 Å². The fourth-order valence-corrected chi connectivity index (χ4v) is 5.00. The second-order valence-electron chi connectivity index (χ2n) is 9.69. The SMILES string of the molecule is CNC(=O)c1cc(Cl)c(F)cc1NC(=O)C1(c2ccccc2C(C)C)CN(c2cnc(C(=O)O)c(C)c2)C1. The van der Waals surface area contributed by atoms with Crippen LogP contribution >= 0.6 is 11.6 Å². The monoisotopic (exact) mass is 538 g/mol. The van der Waals surface area contributed by atoms with Gasteiger partial charge < -0.3 is 20.6 Å². The maximum atomic E-state index is 14.4. The highest BCUT2D eigenvalue weighted by atomic mass is 35.5. The minimum Gasteiger partial charge on any atom is -0.477 e. The van der Waals surface area contributed by atoms with Crippen LogP contribution in [0.25, 0.3) is 0 Å². The highest BCUT2D eigenvalue weighted by Crippen LogP contribution is 2.42. The fraction of sp³-hybridized carbons (Fsp3) is 0.286. The van der Waals surface area contributed by atoms with Crippen LogP contribution in [0.5, 0.6) is 0 Å². The molecule has 198 valence electrons. The molecule has 3 N–H and O–H groups in total. The van der Waals surface area contributed by atoms with Gasteiger partial charge in [0.25, 0.3) is 5.91 Å². The van der Waals surface area contributed by atoms with Crippen molar-refractivity contribution in [1.82, 2.24) is 10.3 Å². The number of hydrogen-bond donors (Lipinski definition) is 3. The number of carbonyl (C=O) groups excluding carboxylic acids is 2. The van der Waals surface area contributed by atoms with Gasteiger partial charge in [0.05, 0.1) is 28.2 Å². The van der Waals surface area contributed by atoms with E-state index in [0.717, 1.165) is 17.2 Å². The van der Waals surface area contributed by atoms with Crippen molar-refractivity contribution in [3.05, 3.63) is 87.4 Å². The Bertz CT molecular complexity index is 1440. The first-order valence-corrected chi connectivity index (χ1v) is 12.4. The van der Waals surface area contributed by atoms with Gasteiger partial charge in [-0.1, -0.05) is 49.7 Å². The van der Waals surface area contributed by atoms with Crippen molar-refractivity contribution in [2.45, 2.75) is 32.1 Å². The van der Waals surface area contributed by atoms with Gasteiger partial charge in [-0.2, -0.15) is 0 Å². The van der Waals surface area contributed by atoms with Crippen molar-refractivity contribution in [3.8, 4) is 0 Å². The van der Waals surface area contributed by atoms with E-state index >= 15 is 0 Å². The Balaban J connectivity index is 1.75. The molecule has 0 bridgehead atoms. The first-order valence-electron chi connectivity index (χ1n) is 12.1. The summed E-state index contributed by atoms with van der Waals surface area (Å²) in [5.74, 6) is -2.67. The Morgan fingerprint density at radius 2 is 1.84 bits per heavy atom. The van der Waals surface area contributed by atoms with Crippen LogP contribution in [0.1, 0.15) is 57.3 Å². The third kappa shape index (κ3) is 4.81. The average molecular weight is 539 g/mol. The molecular formula is C28H28ClFN4O4. The standard InChI is InChI=1S/C28H28ClFN4O4/c1-15(2)18-7-5-6-8-20(18)28(13-34(14-28)17-9-16(3)24(26(36)37)32-12-17)27(38)33-23-11-22(30)21(29)10-19(23)25(35)31-4/h5-12,15H,13-14H2,1-4H3,(H,31,35)(H,33,38)(H,36,37). The van der Waals surface area contributed by atoms with Crippen molar-refractivity contribution in [2.24, 2.45) is 0 Å². The molecule has 0 saturated carbocycles. The van der Waals surface area contributed by atoms with Gasteiger partial charge >= 0.3 is 5.97 Å². The van der Waals surface area contributed by atoms with Gasteiger partial charge in [0.1, 0.15) is 11.2 Å². The van der Waals surface area contributed by atoms with Crippen molar-refractivity contribution < 1.29 is 23.9 Å². The van der Waals surface area contributed by atoms with E-state index in [0.29, 0.717) is 11.3 Å². The number of carboxylic acids is 1. The van der Waals surface area contributed by atoms with Crippen LogP contribution in [0, 0.1) is 12.7 Å². The first-order chi connectivity index (χ1) is 18.0. The number of nitrogens with zero attached hydrogens (tertiary/aromatic N) is 2. The van der Waals surface area contributed by atoms with E-state index in [4.69, 9.17) is 11.6 Å². The molecule has 2 amide bonds. The van der Waals surface area contributed by atoms with Gasteiger partial charge in [0.2, 0.25) is 5.91 Å². The predicted molar refractivity (Wildman–Crippen MR) is 144 cm³/mol. The van der Waals surface area contributed by atoms with E-state index in [-0.39, 0.29) is 41.0 Å². The number of amides is 2. The Kier molecular flexibility index (Phi) is 7.42. The van der Waals surface area contributed by atoms with Crippen LogP contribution in [-0.4, -0.2) is 48.0 Å². The summed E-state index contributed by atoms with van der Waals surface area (Å²) in [6.07, 6.45) is 1.48. The van der Waals surface area contributed by atoms with E-state index in [9.17, 15) is 23.9 Å². The zero-order chi connectivity index (χ0) is 27.8. The molecule has 10 heteroatoms. The fourth-order valence-electron chi connectivity index (χ4n) is 4.83. The average Bonchev–Trinajstić information content (AvgIpc) is 2.85. The third-order valence-corrected chi connectivity index (χ3v) is 7.16. The van der Waals surface area contributed by atoms with Crippen molar-refractivity contribution in [3.63, 3.8) is 0 Å². The number of halogens is 2. The van der Waals surface area contributed by atoms with Crippen molar-refractivity contribution in [1.29, 1.82) is 0 Å². The molecule has 0 spiro atoms. The molecule has 1 fully saturated rings. The van der Waals surface area contributed by atoms with Gasteiger partial charge in [0.15, 0.2) is 5.69 Å². The van der Waals surface area contributed by atoms with Gasteiger partial charge in [-0.3, -0.25) is 9.59 Å². The zero-order valence-corrected chi connectivity index (χ0v) is 22.2. The Hall–Kier alpha value is -3.98. The minimum atomic E-state index is -1.11. The summed E-state index contributed by atoms with van der Waals surface area (Å²) in [5.41, 5.74) is 2.00. The molecule has 8 nitrogen and oxygen atoms in total. The smallest absolute Gasteiger partial charge is 0.354 e. The van der Waals surface area contributed by atoms with Gasteiger partial charge in [0, 0.05) is 20.1 Å². The molecule has 0 radical (unpaired) electrons. The quantitative estimate of drug-likeness (QED) is 0.400. The van der Waals surface area contributed by atoms with Crippen LogP contribution in [0.4, 0.5) is 15.8 Å². The largest absolute Gasteiger partial charge is 0.477 e. The number of nitrogens with one attached hydrogen (secondary N) is 2. The molecular weight excluding hydrogens is 511 g/mol. The highest BCUT2D eigenvalue weighted by molar-refractivity contribution is 6.31. The second-order valence-corrected chi connectivity index (χ2v) is 10.1. The molecule has 38 heavy (non-hydrogen) atoms. The molecule has 0 unspecified atom stereocenters. The summed E-state index contributed by atoms with van der Waals surface area (Å²) in [7, 11) is 1.43. The number of aromatic nitrogens is 1. The highest BCUT2D eigenvalue weighted by Gasteiger charge is 2.52. The maximum Gasteiger partial charge on any atom is 0.354 e. The lowest BCUT2D eigenvalue weighted by Crippen LogP contribution is -2.65. The Morgan fingerprint density at radius 1 is 1.16 bits per heavy atom. The van der Waals surface area contributed by atoms with Gasteiger partial charge in [-0.05, 0) is 47.7 Å². The van der Waals surface area contributed by atoms with Crippen LogP contribution in [0.2, 0.25) is 5.02 Å². The minimum absolute atomic E-state index is 0.0134. The summed E-state index contributed by atoms with van der Waals surface area (Å²) in [6.45, 7) is 6.28. The summed E-state index contributed by atoms with van der Waals surface area (Å²) < 4.78 is 14.4. The second kappa shape index (κ2) is 10.4. The molecule has 1 aromatic heterocycles. The molecule has 0 atom stereocenters. The summed E-state index contributed by atoms with van der Waals surface area (Å²) >= 11 is 5.92. The number of pyridine rings is 1. The Labute approximate surface area is 224 Å². The third-order valence-electron chi connectivity index (χ3n) is 6.87. The molecule has 2 aromatic carbocycles. The van der Waals surface area contributed by atoms with Crippen LogP contribution in [0.15, 0.2) is 48.7 Å². The molecule has 2 heterocycles. The lowest BCUT2D eigenvalue weighted by atomic mass is 9.69. The van der Waals surface area contributed by atoms with Gasteiger partial charge in [-0.25, -0.2) is 14.2 Å². The summed E-state index contributed by atoms with van der Waals surface area (Å²) in [4.78, 5) is 43.9. The molecule has 0 aliphatic carbocycles. The molecule has 3 aromatic rings. The molecule has 1 saturated heterocycles. The lowest BCUT2D eigenvalue weighted by molar-refractivity contribution is -0.122. The summed E-state index contributed by atoms with van der Waals surface area (Å²) in [5, 5.41) is 14.4. The van der Waals surface area contributed by atoms with Crippen LogP contribution < -0.4 is 15.5 Å². The topological polar surface area (TPSA) is 112 Å². The predicted octanol–water partition coefficient (Wildman–Crippen LogP) is 4.76. The molecule has 1 aliphatic heterocycles. The van der Waals surface area contributed by atoms with Crippen molar-refractivity contribution >= 4 is 40.8 Å². The molecule has 1 aliphatic rings. The van der Waals surface area contributed by atoms with E-state index in [1.807, 2.05) is 43.0 Å². The number of carboxylic acid groups (broad SMARTS) is 1. The maximum absolute atomic E-state index is 14.4. The lowest BCUT2D eigenvalue weighted by Gasteiger charge is -2.51. The summed E-state index contributed by atoms with van der Waals surface area (Å²) in [6, 6.07) is 11.6. The van der Waals surface area contributed by atoms with E-state index < -0.39 is 29.0 Å². The van der Waals surface area contributed by atoms with Crippen LogP contribution in [-0.2, 0) is 10.2 Å². The van der Waals surface area contributed by atoms with Crippen LogP contribution in [0.3, 0.4) is 0 Å². The number of aromatic carboxylic acids is 1. The molecule has 4 rings (SSSR count). The number of hydrogen-bond acceptors (Lipinski definition) is 5. The zero-order valence-electron chi connectivity index (χ0n) is 21.4. The van der Waals surface area contributed by atoms with E-state index in [2.05, 4.69) is 15.6 Å². The number of anilines is 2. The van der Waals surface area contributed by atoms with E-state index in [1.54, 1.807) is 13.0 Å². The number of rotatable bonds is 7. The number of carbonyl (C=O) groups is 3. The first kappa shape index (κ1) is 27.1. The Morgan fingerprint density at radius 3 is 2.45 bits per heavy atom. The normalized spacial score (nSPS) is 14.1.